The van der Waals surface area contributed by atoms with Crippen molar-refractivity contribution in [2.45, 2.75) is 38.8 Å². The van der Waals surface area contributed by atoms with Crippen molar-refractivity contribution in [3.8, 4) is 0 Å². The molecule has 0 spiro atoms. The number of rotatable bonds is 4. The molecule has 2 unspecified atom stereocenters. The van der Waals surface area contributed by atoms with Crippen molar-refractivity contribution in [3.05, 3.63) is 29.8 Å². The van der Waals surface area contributed by atoms with Gasteiger partial charge in [-0.05, 0) is 35.3 Å². The van der Waals surface area contributed by atoms with Crippen LogP contribution < -0.4 is 5.32 Å². The highest BCUT2D eigenvalue weighted by Crippen LogP contribution is 2.31. The third kappa shape index (κ3) is 3.80. The lowest BCUT2D eigenvalue weighted by atomic mass is 9.81. The van der Waals surface area contributed by atoms with Crippen LogP contribution in [0.1, 0.15) is 39.4 Å². The Bertz CT molecular complexity index is 493. The van der Waals surface area contributed by atoms with Crippen LogP contribution in [0, 0.1) is 11.3 Å². The lowest BCUT2D eigenvalue weighted by Gasteiger charge is -2.34. The quantitative estimate of drug-likeness (QED) is 0.864. The van der Waals surface area contributed by atoms with Gasteiger partial charge in [0.15, 0.2) is 0 Å². The van der Waals surface area contributed by atoms with Gasteiger partial charge in [0.05, 0.1) is 6.54 Å². The molecule has 1 heterocycles. The third-order valence-electron chi connectivity index (χ3n) is 4.46. The van der Waals surface area contributed by atoms with Crippen molar-refractivity contribution in [2.75, 3.05) is 19.3 Å². The second kappa shape index (κ2) is 6.41. The van der Waals surface area contributed by atoms with Crippen LogP contribution in [-0.2, 0) is 4.79 Å². The molecule has 0 radical (unpaired) electrons. The summed E-state index contributed by atoms with van der Waals surface area (Å²) in [5.41, 5.74) is 1.37. The molecule has 1 fully saturated rings. The molecule has 4 heteroatoms. The Morgan fingerprint density at radius 1 is 1.33 bits per heavy atom. The SMILES string of the molecule is CSc1ccc(C2NCC(=O)N2CC(C)C(C)(C)C)cc1. The van der Waals surface area contributed by atoms with Gasteiger partial charge in [-0.3, -0.25) is 10.1 Å². The maximum atomic E-state index is 12.2. The summed E-state index contributed by atoms with van der Waals surface area (Å²) >= 11 is 1.73. The average Bonchev–Trinajstić information content (AvgIpc) is 2.79. The predicted molar refractivity (Wildman–Crippen MR) is 89.3 cm³/mol. The summed E-state index contributed by atoms with van der Waals surface area (Å²) in [6.07, 6.45) is 2.09. The number of hydrogen-bond donors (Lipinski definition) is 1. The molecule has 1 aromatic carbocycles. The van der Waals surface area contributed by atoms with E-state index < -0.39 is 0 Å². The Balaban J connectivity index is 2.16. The van der Waals surface area contributed by atoms with E-state index in [9.17, 15) is 4.79 Å². The number of nitrogens with zero attached hydrogens (tertiary/aromatic N) is 1. The Hall–Kier alpha value is -1.00. The Morgan fingerprint density at radius 3 is 2.48 bits per heavy atom. The van der Waals surface area contributed by atoms with E-state index in [4.69, 9.17) is 0 Å². The standard InChI is InChI=1S/C17H26N2OS/c1-12(17(2,3)4)11-19-15(20)10-18-16(19)13-6-8-14(21-5)9-7-13/h6-9,12,16,18H,10-11H2,1-5H3. The van der Waals surface area contributed by atoms with Gasteiger partial charge in [0.1, 0.15) is 6.17 Å². The number of nitrogens with one attached hydrogen (secondary N) is 1. The maximum Gasteiger partial charge on any atom is 0.238 e. The minimum Gasteiger partial charge on any atom is -0.322 e. The lowest BCUT2D eigenvalue weighted by Crippen LogP contribution is -2.37. The molecule has 1 N–H and O–H groups in total. The summed E-state index contributed by atoms with van der Waals surface area (Å²) in [6, 6.07) is 8.49. The van der Waals surface area contributed by atoms with Crippen LogP contribution in [0.2, 0.25) is 0 Å². The first-order valence-electron chi connectivity index (χ1n) is 7.49. The van der Waals surface area contributed by atoms with E-state index in [0.29, 0.717) is 12.5 Å². The highest BCUT2D eigenvalue weighted by molar-refractivity contribution is 7.98. The zero-order chi connectivity index (χ0) is 15.6. The monoisotopic (exact) mass is 306 g/mol. The van der Waals surface area contributed by atoms with Crippen LogP contribution in [0.5, 0.6) is 0 Å². The highest BCUT2D eigenvalue weighted by atomic mass is 32.2. The fourth-order valence-electron chi connectivity index (χ4n) is 2.40. The summed E-state index contributed by atoms with van der Waals surface area (Å²) < 4.78 is 0. The third-order valence-corrected chi connectivity index (χ3v) is 5.20. The first kappa shape index (κ1) is 16.4. The summed E-state index contributed by atoms with van der Waals surface area (Å²) in [4.78, 5) is 15.4. The molecular formula is C17H26N2OS. The van der Waals surface area contributed by atoms with E-state index in [-0.39, 0.29) is 17.5 Å². The van der Waals surface area contributed by atoms with Gasteiger partial charge in [0.25, 0.3) is 0 Å². The fraction of sp³-hybridized carbons (Fsp3) is 0.588. The Morgan fingerprint density at radius 2 is 1.95 bits per heavy atom. The Kier molecular flexibility index (Phi) is 4.99. The first-order chi connectivity index (χ1) is 9.82. The van der Waals surface area contributed by atoms with Crippen LogP contribution in [0.3, 0.4) is 0 Å². The van der Waals surface area contributed by atoms with Gasteiger partial charge >= 0.3 is 0 Å². The van der Waals surface area contributed by atoms with Crippen LogP contribution in [0.25, 0.3) is 0 Å². The van der Waals surface area contributed by atoms with Crippen LogP contribution in [0.4, 0.5) is 0 Å². The second-order valence-electron chi connectivity index (χ2n) is 6.87. The van der Waals surface area contributed by atoms with E-state index >= 15 is 0 Å². The van der Waals surface area contributed by atoms with Gasteiger partial charge < -0.3 is 4.90 Å². The van der Waals surface area contributed by atoms with E-state index in [2.05, 4.69) is 63.5 Å². The molecule has 2 rings (SSSR count). The topological polar surface area (TPSA) is 32.3 Å². The summed E-state index contributed by atoms with van der Waals surface area (Å²) in [5.74, 6) is 0.652. The molecule has 1 saturated heterocycles. The zero-order valence-corrected chi connectivity index (χ0v) is 14.5. The van der Waals surface area contributed by atoms with E-state index in [1.165, 1.54) is 10.5 Å². The van der Waals surface area contributed by atoms with Crippen molar-refractivity contribution < 1.29 is 4.79 Å². The lowest BCUT2D eigenvalue weighted by molar-refractivity contribution is -0.129. The summed E-state index contributed by atoms with van der Waals surface area (Å²) in [7, 11) is 0. The van der Waals surface area contributed by atoms with Crippen molar-refractivity contribution in [3.63, 3.8) is 0 Å². The largest absolute Gasteiger partial charge is 0.322 e. The van der Waals surface area contributed by atoms with Crippen LogP contribution in [-0.4, -0.2) is 30.2 Å². The molecule has 0 bridgehead atoms. The van der Waals surface area contributed by atoms with Crippen molar-refractivity contribution in [1.82, 2.24) is 10.2 Å². The number of benzene rings is 1. The number of thioether (sulfide) groups is 1. The molecule has 1 aromatic rings. The van der Waals surface area contributed by atoms with E-state index in [1.54, 1.807) is 11.8 Å². The molecule has 1 amide bonds. The van der Waals surface area contributed by atoms with Gasteiger partial charge in [0, 0.05) is 11.4 Å². The number of hydrogen-bond acceptors (Lipinski definition) is 3. The van der Waals surface area contributed by atoms with Crippen LogP contribution in [0.15, 0.2) is 29.2 Å². The minimum absolute atomic E-state index is 0.0122. The summed E-state index contributed by atoms with van der Waals surface area (Å²) in [5, 5.41) is 3.34. The predicted octanol–water partition coefficient (Wildman–Crippen LogP) is 3.52. The van der Waals surface area contributed by atoms with E-state index in [0.717, 1.165) is 6.54 Å². The van der Waals surface area contributed by atoms with Gasteiger partial charge in [-0.15, -0.1) is 11.8 Å². The molecular weight excluding hydrogens is 280 g/mol. The molecule has 21 heavy (non-hydrogen) atoms. The molecule has 3 nitrogen and oxygen atoms in total. The number of carbonyl (C=O) groups is 1. The van der Waals surface area contributed by atoms with Crippen molar-refractivity contribution in [1.29, 1.82) is 0 Å². The smallest absolute Gasteiger partial charge is 0.238 e. The zero-order valence-electron chi connectivity index (χ0n) is 13.6. The van der Waals surface area contributed by atoms with E-state index in [1.807, 2.05) is 4.90 Å². The molecule has 2 atom stereocenters. The first-order valence-corrected chi connectivity index (χ1v) is 8.72. The Labute approximate surface area is 132 Å². The number of carbonyl (C=O) groups excluding carboxylic acids is 1. The normalized spacial score (nSPS) is 20.9. The second-order valence-corrected chi connectivity index (χ2v) is 7.75. The molecule has 1 aliphatic rings. The minimum atomic E-state index is 0.0122. The average molecular weight is 306 g/mol. The van der Waals surface area contributed by atoms with Crippen molar-refractivity contribution >= 4 is 17.7 Å². The molecule has 0 saturated carbocycles. The summed E-state index contributed by atoms with van der Waals surface area (Å²) in [6.45, 7) is 10.1. The van der Waals surface area contributed by atoms with Crippen LogP contribution >= 0.6 is 11.8 Å². The van der Waals surface area contributed by atoms with Crippen molar-refractivity contribution in [2.24, 2.45) is 11.3 Å². The molecule has 0 aromatic heterocycles. The van der Waals surface area contributed by atoms with Gasteiger partial charge in [0.2, 0.25) is 5.91 Å². The molecule has 0 aliphatic carbocycles. The fourth-order valence-corrected chi connectivity index (χ4v) is 2.81. The maximum absolute atomic E-state index is 12.2. The molecule has 1 aliphatic heterocycles. The molecule has 116 valence electrons. The van der Waals surface area contributed by atoms with Gasteiger partial charge in [-0.1, -0.05) is 39.8 Å². The van der Waals surface area contributed by atoms with Gasteiger partial charge in [-0.2, -0.15) is 0 Å². The highest BCUT2D eigenvalue weighted by Gasteiger charge is 2.34. The number of amides is 1. The van der Waals surface area contributed by atoms with Gasteiger partial charge in [-0.25, -0.2) is 0 Å².